The number of primary amides is 1. The number of benzene rings is 1. The van der Waals surface area contributed by atoms with Crippen LogP contribution >= 0.6 is 0 Å². The van der Waals surface area contributed by atoms with Crippen LogP contribution in [0.1, 0.15) is 37.3 Å². The quantitative estimate of drug-likeness (QED) is 0.922. The number of rotatable bonds is 3. The molecule has 2 N–H and O–H groups in total. The van der Waals surface area contributed by atoms with Crippen LogP contribution < -0.4 is 10.5 Å². The zero-order valence-electron chi connectivity index (χ0n) is 14.1. The highest BCUT2D eigenvalue weighted by molar-refractivity contribution is 5.81. The van der Waals surface area contributed by atoms with Crippen molar-refractivity contribution in [1.29, 1.82) is 0 Å². The molecule has 0 aliphatic carbocycles. The SMILES string of the molecule is COc1ccccc1C1CCCN1C(=O)C1CCCN(C(N)=O)C1. The lowest BCUT2D eigenvalue weighted by Gasteiger charge is -2.35. The van der Waals surface area contributed by atoms with Gasteiger partial charge in [-0.15, -0.1) is 0 Å². The molecule has 2 aliphatic heterocycles. The number of para-hydroxylation sites is 1. The third-order valence-electron chi connectivity index (χ3n) is 5.12. The van der Waals surface area contributed by atoms with E-state index in [9.17, 15) is 9.59 Å². The number of hydrogen-bond donors (Lipinski definition) is 1. The van der Waals surface area contributed by atoms with E-state index in [1.807, 2.05) is 29.2 Å². The summed E-state index contributed by atoms with van der Waals surface area (Å²) in [6.07, 6.45) is 3.57. The number of likely N-dealkylation sites (tertiary alicyclic amines) is 2. The monoisotopic (exact) mass is 331 g/mol. The number of urea groups is 1. The van der Waals surface area contributed by atoms with Crippen LogP contribution in [-0.4, -0.2) is 48.5 Å². The highest BCUT2D eigenvalue weighted by Crippen LogP contribution is 2.38. The minimum absolute atomic E-state index is 0.0533. The number of methoxy groups -OCH3 is 1. The Morgan fingerprint density at radius 3 is 2.67 bits per heavy atom. The van der Waals surface area contributed by atoms with Crippen molar-refractivity contribution in [2.45, 2.75) is 31.7 Å². The standard InChI is InChI=1S/C18H25N3O3/c1-24-16-9-3-2-7-14(16)15-8-5-11-21(15)17(22)13-6-4-10-20(12-13)18(19)23/h2-3,7,9,13,15H,4-6,8,10-12H2,1H3,(H2,19,23). The summed E-state index contributed by atoms with van der Waals surface area (Å²) in [5, 5.41) is 0. The molecule has 3 amide bonds. The van der Waals surface area contributed by atoms with Gasteiger partial charge >= 0.3 is 6.03 Å². The second kappa shape index (κ2) is 7.11. The molecule has 0 saturated carbocycles. The number of amides is 3. The lowest BCUT2D eigenvalue weighted by molar-refractivity contribution is -0.137. The highest BCUT2D eigenvalue weighted by Gasteiger charge is 2.37. The topological polar surface area (TPSA) is 75.9 Å². The first-order valence-electron chi connectivity index (χ1n) is 8.59. The smallest absolute Gasteiger partial charge is 0.314 e. The van der Waals surface area contributed by atoms with Gasteiger partial charge in [0.2, 0.25) is 5.91 Å². The number of carbonyl (C=O) groups is 2. The van der Waals surface area contributed by atoms with E-state index in [0.717, 1.165) is 43.5 Å². The van der Waals surface area contributed by atoms with Crippen molar-refractivity contribution in [1.82, 2.24) is 9.80 Å². The van der Waals surface area contributed by atoms with Crippen LogP contribution in [-0.2, 0) is 4.79 Å². The fraction of sp³-hybridized carbons (Fsp3) is 0.556. The Balaban J connectivity index is 1.77. The van der Waals surface area contributed by atoms with Crippen LogP contribution in [0, 0.1) is 5.92 Å². The van der Waals surface area contributed by atoms with Crippen molar-refractivity contribution in [3.8, 4) is 5.75 Å². The maximum Gasteiger partial charge on any atom is 0.314 e. The summed E-state index contributed by atoms with van der Waals surface area (Å²) in [5.41, 5.74) is 6.45. The average molecular weight is 331 g/mol. The summed E-state index contributed by atoms with van der Waals surface area (Å²) >= 11 is 0. The van der Waals surface area contributed by atoms with E-state index < -0.39 is 6.03 Å². The molecule has 2 atom stereocenters. The number of nitrogens with zero attached hydrogens (tertiary/aromatic N) is 2. The van der Waals surface area contributed by atoms with Crippen LogP contribution in [0.2, 0.25) is 0 Å². The van der Waals surface area contributed by atoms with E-state index in [1.165, 1.54) is 0 Å². The molecular weight excluding hydrogens is 306 g/mol. The Labute approximate surface area is 142 Å². The van der Waals surface area contributed by atoms with Crippen molar-refractivity contribution in [3.05, 3.63) is 29.8 Å². The zero-order valence-corrected chi connectivity index (χ0v) is 14.1. The molecule has 0 spiro atoms. The summed E-state index contributed by atoms with van der Waals surface area (Å²) in [6, 6.07) is 7.51. The van der Waals surface area contributed by atoms with Gasteiger partial charge in [0.1, 0.15) is 5.75 Å². The minimum Gasteiger partial charge on any atom is -0.496 e. The molecule has 2 heterocycles. The first-order valence-corrected chi connectivity index (χ1v) is 8.59. The summed E-state index contributed by atoms with van der Waals surface area (Å²) < 4.78 is 5.47. The molecule has 24 heavy (non-hydrogen) atoms. The maximum absolute atomic E-state index is 13.1. The van der Waals surface area contributed by atoms with Gasteiger partial charge in [0.25, 0.3) is 0 Å². The largest absolute Gasteiger partial charge is 0.496 e. The predicted octanol–water partition coefficient (Wildman–Crippen LogP) is 2.15. The zero-order chi connectivity index (χ0) is 17.1. The third kappa shape index (κ3) is 3.18. The van der Waals surface area contributed by atoms with E-state index in [-0.39, 0.29) is 17.9 Å². The lowest BCUT2D eigenvalue weighted by atomic mass is 9.95. The Hall–Kier alpha value is -2.24. The van der Waals surface area contributed by atoms with Crippen LogP contribution in [0.15, 0.2) is 24.3 Å². The molecule has 1 aromatic carbocycles. The Kier molecular flexibility index (Phi) is 4.92. The Morgan fingerprint density at radius 1 is 1.17 bits per heavy atom. The van der Waals surface area contributed by atoms with Crippen molar-refractivity contribution in [3.63, 3.8) is 0 Å². The molecule has 2 unspecified atom stereocenters. The van der Waals surface area contributed by atoms with Gasteiger partial charge in [0.05, 0.1) is 19.1 Å². The maximum atomic E-state index is 13.1. The van der Waals surface area contributed by atoms with Crippen LogP contribution in [0.3, 0.4) is 0 Å². The molecular formula is C18H25N3O3. The van der Waals surface area contributed by atoms with Gasteiger partial charge in [-0.25, -0.2) is 4.79 Å². The van der Waals surface area contributed by atoms with Crippen molar-refractivity contribution < 1.29 is 14.3 Å². The molecule has 6 nitrogen and oxygen atoms in total. The van der Waals surface area contributed by atoms with E-state index >= 15 is 0 Å². The molecule has 6 heteroatoms. The highest BCUT2D eigenvalue weighted by atomic mass is 16.5. The van der Waals surface area contributed by atoms with Crippen molar-refractivity contribution >= 4 is 11.9 Å². The molecule has 0 bridgehead atoms. The summed E-state index contributed by atoms with van der Waals surface area (Å²) in [4.78, 5) is 28.0. The number of nitrogens with two attached hydrogens (primary N) is 1. The number of hydrogen-bond acceptors (Lipinski definition) is 3. The van der Waals surface area contributed by atoms with E-state index in [2.05, 4.69) is 0 Å². The van der Waals surface area contributed by atoms with Gasteiger partial charge in [0, 0.05) is 25.2 Å². The van der Waals surface area contributed by atoms with Gasteiger partial charge in [0.15, 0.2) is 0 Å². The molecule has 0 aromatic heterocycles. The number of ether oxygens (including phenoxy) is 1. The predicted molar refractivity (Wildman–Crippen MR) is 90.6 cm³/mol. The first kappa shape index (κ1) is 16.6. The van der Waals surface area contributed by atoms with E-state index in [1.54, 1.807) is 12.0 Å². The third-order valence-corrected chi connectivity index (χ3v) is 5.12. The van der Waals surface area contributed by atoms with Crippen LogP contribution in [0.5, 0.6) is 5.75 Å². The van der Waals surface area contributed by atoms with Gasteiger partial charge in [-0.3, -0.25) is 4.79 Å². The van der Waals surface area contributed by atoms with Crippen molar-refractivity contribution in [2.24, 2.45) is 11.7 Å². The normalized spacial score (nSPS) is 24.0. The minimum atomic E-state index is -0.435. The number of piperidine rings is 1. The van der Waals surface area contributed by atoms with Gasteiger partial charge < -0.3 is 20.3 Å². The second-order valence-electron chi connectivity index (χ2n) is 6.56. The van der Waals surface area contributed by atoms with Crippen molar-refractivity contribution in [2.75, 3.05) is 26.7 Å². The molecule has 0 radical (unpaired) electrons. The van der Waals surface area contributed by atoms with Crippen LogP contribution in [0.25, 0.3) is 0 Å². The van der Waals surface area contributed by atoms with Gasteiger partial charge in [-0.05, 0) is 31.7 Å². The fourth-order valence-corrected chi connectivity index (χ4v) is 3.91. The van der Waals surface area contributed by atoms with Gasteiger partial charge in [-0.2, -0.15) is 0 Å². The molecule has 2 fully saturated rings. The van der Waals surface area contributed by atoms with E-state index in [4.69, 9.17) is 10.5 Å². The second-order valence-corrected chi connectivity index (χ2v) is 6.56. The summed E-state index contributed by atoms with van der Waals surface area (Å²) in [6.45, 7) is 1.84. The summed E-state index contributed by atoms with van der Waals surface area (Å²) in [5.74, 6) is 0.806. The fourth-order valence-electron chi connectivity index (χ4n) is 3.91. The molecule has 2 saturated heterocycles. The Bertz CT molecular complexity index is 619. The average Bonchev–Trinajstić information content (AvgIpc) is 3.10. The Morgan fingerprint density at radius 2 is 1.92 bits per heavy atom. The molecule has 130 valence electrons. The van der Waals surface area contributed by atoms with E-state index in [0.29, 0.717) is 13.1 Å². The first-order chi connectivity index (χ1) is 11.6. The molecule has 1 aromatic rings. The van der Waals surface area contributed by atoms with Crippen LogP contribution in [0.4, 0.5) is 4.79 Å². The lowest BCUT2D eigenvalue weighted by Crippen LogP contribution is -2.48. The van der Waals surface area contributed by atoms with Gasteiger partial charge in [-0.1, -0.05) is 18.2 Å². The molecule has 2 aliphatic rings. The summed E-state index contributed by atoms with van der Waals surface area (Å²) in [7, 11) is 1.66. The molecule has 3 rings (SSSR count). The number of carbonyl (C=O) groups excluding carboxylic acids is 2.